The maximum absolute atomic E-state index is 12.1. The number of nitrogens with two attached hydrogens (primary N) is 2. The number of nitrogens with one attached hydrogen (secondary N) is 1. The van der Waals surface area contributed by atoms with Crippen LogP contribution in [0.1, 0.15) is 44.0 Å². The van der Waals surface area contributed by atoms with Gasteiger partial charge in [-0.2, -0.15) is 5.10 Å². The average Bonchev–Trinajstić information content (AvgIpc) is 3.27. The maximum Gasteiger partial charge on any atom is 0.414 e. The van der Waals surface area contributed by atoms with E-state index >= 15 is 0 Å². The molecule has 1 aliphatic heterocycles. The molecule has 0 aromatic carbocycles. The Kier molecular flexibility index (Phi) is 4.04. The van der Waals surface area contributed by atoms with Gasteiger partial charge in [-0.1, -0.05) is 13.8 Å². The van der Waals surface area contributed by atoms with Crippen molar-refractivity contribution in [2.75, 3.05) is 23.4 Å². The van der Waals surface area contributed by atoms with E-state index in [2.05, 4.69) is 31.2 Å². The molecule has 2 fully saturated rings. The standard InChI is InChI=1S/C19H26N6O3/c1-18(2)14(4-5-19(18,3)21)23-15-12(16(20)26)9-22-25-10-11(8-13(15)25)24-6-7-28-17(24)27/h8-10,14,23H,4-7,21H2,1-3H3,(H2,20,26)/t14-,19+/m1/s1. The fourth-order valence-electron chi connectivity index (χ4n) is 4.11. The number of primary amides is 1. The van der Waals surface area contributed by atoms with Gasteiger partial charge in [-0.05, 0) is 25.8 Å². The van der Waals surface area contributed by atoms with Gasteiger partial charge in [0.25, 0.3) is 5.91 Å². The highest BCUT2D eigenvalue weighted by atomic mass is 16.6. The molecule has 3 heterocycles. The van der Waals surface area contributed by atoms with E-state index in [0.29, 0.717) is 35.6 Å². The third-order valence-electron chi connectivity index (χ3n) is 6.57. The molecular formula is C19H26N6O3. The second-order valence-electron chi connectivity index (χ2n) is 8.47. The first-order valence-electron chi connectivity index (χ1n) is 9.43. The van der Waals surface area contributed by atoms with Crippen LogP contribution in [0.15, 0.2) is 18.5 Å². The fraction of sp³-hybridized carbons (Fsp3) is 0.526. The van der Waals surface area contributed by atoms with Gasteiger partial charge in [0.2, 0.25) is 0 Å². The third-order valence-corrected chi connectivity index (χ3v) is 6.57. The van der Waals surface area contributed by atoms with Gasteiger partial charge < -0.3 is 21.5 Å². The van der Waals surface area contributed by atoms with E-state index < -0.39 is 12.0 Å². The van der Waals surface area contributed by atoms with Crippen LogP contribution in [0.2, 0.25) is 0 Å². The number of rotatable bonds is 4. The zero-order valence-corrected chi connectivity index (χ0v) is 16.4. The van der Waals surface area contributed by atoms with Crippen LogP contribution in [0.25, 0.3) is 5.52 Å². The summed E-state index contributed by atoms with van der Waals surface area (Å²) in [6, 6.07) is 1.87. The molecule has 150 valence electrons. The zero-order valence-electron chi connectivity index (χ0n) is 16.4. The summed E-state index contributed by atoms with van der Waals surface area (Å²) in [6.07, 6.45) is 4.55. The van der Waals surface area contributed by atoms with Gasteiger partial charge in [0.1, 0.15) is 6.61 Å². The van der Waals surface area contributed by atoms with E-state index in [9.17, 15) is 9.59 Å². The van der Waals surface area contributed by atoms with Crippen LogP contribution in [-0.4, -0.2) is 46.3 Å². The van der Waals surface area contributed by atoms with Crippen LogP contribution in [0, 0.1) is 5.41 Å². The Labute approximate surface area is 163 Å². The predicted octanol–water partition coefficient (Wildman–Crippen LogP) is 1.71. The fourth-order valence-corrected chi connectivity index (χ4v) is 4.11. The number of aromatic nitrogens is 2. The molecule has 28 heavy (non-hydrogen) atoms. The molecule has 1 saturated heterocycles. The number of carbonyl (C=O) groups is 2. The summed E-state index contributed by atoms with van der Waals surface area (Å²) in [4.78, 5) is 25.5. The van der Waals surface area contributed by atoms with Crippen LogP contribution >= 0.6 is 0 Å². The van der Waals surface area contributed by atoms with Crippen molar-refractivity contribution in [1.82, 2.24) is 9.61 Å². The Morgan fingerprint density at radius 1 is 1.39 bits per heavy atom. The number of hydrogen-bond acceptors (Lipinski definition) is 6. The monoisotopic (exact) mass is 386 g/mol. The first-order valence-corrected chi connectivity index (χ1v) is 9.43. The van der Waals surface area contributed by atoms with Crippen molar-refractivity contribution in [2.24, 2.45) is 16.9 Å². The Morgan fingerprint density at radius 3 is 2.71 bits per heavy atom. The smallest absolute Gasteiger partial charge is 0.414 e. The minimum absolute atomic E-state index is 0.0573. The number of anilines is 2. The zero-order chi connectivity index (χ0) is 20.3. The molecule has 0 bridgehead atoms. The van der Waals surface area contributed by atoms with Gasteiger partial charge in [0.15, 0.2) is 0 Å². The van der Waals surface area contributed by atoms with Crippen molar-refractivity contribution in [2.45, 2.75) is 45.2 Å². The minimum atomic E-state index is -0.563. The van der Waals surface area contributed by atoms with Crippen molar-refractivity contribution in [1.29, 1.82) is 0 Å². The first kappa shape index (κ1) is 18.5. The molecule has 0 radical (unpaired) electrons. The SMILES string of the molecule is CC1(C)[C@H](Nc2c(C(N)=O)cnn3cc(N4CCOC4=O)cc23)CC[C@]1(C)N. The molecule has 9 nitrogen and oxygen atoms in total. The summed E-state index contributed by atoms with van der Waals surface area (Å²) in [7, 11) is 0. The van der Waals surface area contributed by atoms with Gasteiger partial charge in [0.05, 0.1) is 41.4 Å². The summed E-state index contributed by atoms with van der Waals surface area (Å²) in [5.74, 6) is -0.563. The van der Waals surface area contributed by atoms with Crippen molar-refractivity contribution in [3.05, 3.63) is 24.0 Å². The lowest BCUT2D eigenvalue weighted by molar-refractivity contribution is 0.100. The van der Waals surface area contributed by atoms with Crippen LogP contribution < -0.4 is 21.7 Å². The number of hydrogen-bond donors (Lipinski definition) is 3. The Hall–Kier alpha value is -2.81. The molecule has 4 rings (SSSR count). The van der Waals surface area contributed by atoms with Crippen LogP contribution in [0.5, 0.6) is 0 Å². The number of carbonyl (C=O) groups excluding carboxylic acids is 2. The molecule has 2 amide bonds. The molecule has 0 unspecified atom stereocenters. The van der Waals surface area contributed by atoms with Gasteiger partial charge in [0, 0.05) is 17.0 Å². The number of cyclic esters (lactones) is 1. The quantitative estimate of drug-likeness (QED) is 0.734. The lowest BCUT2D eigenvalue weighted by Crippen LogP contribution is -2.51. The number of amides is 2. The average molecular weight is 386 g/mol. The van der Waals surface area contributed by atoms with Crippen molar-refractivity contribution >= 4 is 28.9 Å². The first-order chi connectivity index (χ1) is 13.1. The summed E-state index contributed by atoms with van der Waals surface area (Å²) in [5.41, 5.74) is 13.8. The summed E-state index contributed by atoms with van der Waals surface area (Å²) < 4.78 is 6.66. The number of ether oxygens (including phenoxy) is 1. The minimum Gasteiger partial charge on any atom is -0.447 e. The van der Waals surface area contributed by atoms with Crippen LogP contribution in [-0.2, 0) is 4.74 Å². The highest BCUT2D eigenvalue weighted by molar-refractivity contribution is 6.02. The van der Waals surface area contributed by atoms with E-state index in [1.807, 2.05) is 6.07 Å². The van der Waals surface area contributed by atoms with E-state index in [1.54, 1.807) is 15.6 Å². The van der Waals surface area contributed by atoms with Crippen molar-refractivity contribution in [3.63, 3.8) is 0 Å². The Morgan fingerprint density at radius 2 is 2.14 bits per heavy atom. The van der Waals surface area contributed by atoms with Crippen molar-refractivity contribution < 1.29 is 14.3 Å². The molecule has 2 aromatic heterocycles. The Balaban J connectivity index is 1.79. The van der Waals surface area contributed by atoms with Crippen LogP contribution in [0.3, 0.4) is 0 Å². The van der Waals surface area contributed by atoms with E-state index in [1.165, 1.54) is 6.20 Å². The number of nitrogens with zero attached hydrogens (tertiary/aromatic N) is 3. The number of fused-ring (bicyclic) bond motifs is 1. The second kappa shape index (κ2) is 6.10. The second-order valence-corrected chi connectivity index (χ2v) is 8.47. The van der Waals surface area contributed by atoms with Crippen LogP contribution in [0.4, 0.5) is 16.2 Å². The van der Waals surface area contributed by atoms with Gasteiger partial charge >= 0.3 is 6.09 Å². The van der Waals surface area contributed by atoms with Gasteiger partial charge in [-0.15, -0.1) is 0 Å². The lowest BCUT2D eigenvalue weighted by atomic mass is 9.75. The highest BCUT2D eigenvalue weighted by Crippen LogP contribution is 2.46. The summed E-state index contributed by atoms with van der Waals surface area (Å²) in [6.45, 7) is 7.14. The summed E-state index contributed by atoms with van der Waals surface area (Å²) in [5, 5.41) is 7.81. The molecule has 2 aromatic rings. The molecular weight excluding hydrogens is 360 g/mol. The Bertz CT molecular complexity index is 964. The molecule has 2 atom stereocenters. The normalized spacial score (nSPS) is 26.6. The van der Waals surface area contributed by atoms with E-state index in [0.717, 1.165) is 12.8 Å². The van der Waals surface area contributed by atoms with E-state index in [-0.39, 0.29) is 17.0 Å². The lowest BCUT2D eigenvalue weighted by Gasteiger charge is -2.39. The van der Waals surface area contributed by atoms with Gasteiger partial charge in [-0.25, -0.2) is 9.31 Å². The van der Waals surface area contributed by atoms with E-state index in [4.69, 9.17) is 16.2 Å². The molecule has 5 N–H and O–H groups in total. The highest BCUT2D eigenvalue weighted by Gasteiger charge is 2.49. The molecule has 1 aliphatic carbocycles. The molecule has 1 saturated carbocycles. The van der Waals surface area contributed by atoms with Gasteiger partial charge in [-0.3, -0.25) is 9.69 Å². The summed E-state index contributed by atoms with van der Waals surface area (Å²) >= 11 is 0. The predicted molar refractivity (Wildman–Crippen MR) is 105 cm³/mol. The molecule has 9 heteroatoms. The maximum atomic E-state index is 12.1. The molecule has 2 aliphatic rings. The van der Waals surface area contributed by atoms with Crippen molar-refractivity contribution in [3.8, 4) is 0 Å². The third kappa shape index (κ3) is 2.69. The largest absolute Gasteiger partial charge is 0.447 e. The molecule has 0 spiro atoms. The topological polar surface area (TPSA) is 128 Å².